The number of hydrogen-bond acceptors (Lipinski definition) is 5. The van der Waals surface area contributed by atoms with Crippen molar-refractivity contribution in [1.82, 2.24) is 9.80 Å². The Balaban J connectivity index is 1.16. The Morgan fingerprint density at radius 1 is 0.881 bits per heavy atom. The molecule has 3 aliphatic heterocycles. The third-order valence-electron chi connectivity index (χ3n) is 9.34. The van der Waals surface area contributed by atoms with Crippen LogP contribution in [0.4, 0.5) is 18.9 Å². The fraction of sp³-hybridized carbons (Fsp3) is 0.548. The van der Waals surface area contributed by atoms with Crippen LogP contribution in [0.1, 0.15) is 54.4 Å². The highest BCUT2D eigenvalue weighted by Crippen LogP contribution is 2.42. The van der Waals surface area contributed by atoms with Gasteiger partial charge >= 0.3 is 6.18 Å². The third-order valence-corrected chi connectivity index (χ3v) is 9.65. The molecule has 0 spiro atoms. The maximum absolute atomic E-state index is 14.0. The zero-order chi connectivity index (χ0) is 30.1. The molecule has 1 unspecified atom stereocenters. The average Bonchev–Trinajstić information content (AvgIpc) is 3.49. The Bertz CT molecular complexity index is 1260. The summed E-state index contributed by atoms with van der Waals surface area (Å²) < 4.78 is 42.0. The molecule has 3 saturated heterocycles. The van der Waals surface area contributed by atoms with Gasteiger partial charge in [0.25, 0.3) is 17.4 Å². The summed E-state index contributed by atoms with van der Waals surface area (Å²) in [5, 5.41) is 20.6. The van der Waals surface area contributed by atoms with Crippen molar-refractivity contribution in [3.05, 3.63) is 64.7 Å². The lowest BCUT2D eigenvalue weighted by Gasteiger charge is -2.42. The minimum atomic E-state index is -5.14. The van der Waals surface area contributed by atoms with Crippen molar-refractivity contribution in [1.29, 1.82) is 0 Å². The molecule has 0 radical (unpaired) electrons. The Hall–Kier alpha value is -2.82. The van der Waals surface area contributed by atoms with Gasteiger partial charge in [0.1, 0.15) is 0 Å². The van der Waals surface area contributed by atoms with E-state index in [0.29, 0.717) is 35.9 Å². The molecule has 2 aromatic rings. The molecule has 7 nitrogen and oxygen atoms in total. The number of anilines is 1. The number of nitrogens with zero attached hydrogens (tertiary/aromatic N) is 3. The quantitative estimate of drug-likeness (QED) is 0.491. The van der Waals surface area contributed by atoms with Crippen molar-refractivity contribution in [2.24, 2.45) is 11.8 Å². The van der Waals surface area contributed by atoms with Crippen molar-refractivity contribution >= 4 is 29.1 Å². The van der Waals surface area contributed by atoms with Gasteiger partial charge in [0.2, 0.25) is 0 Å². The number of piperidine rings is 2. The topological polar surface area (TPSA) is 84.3 Å². The molecular formula is C31H37ClF3N3O4. The van der Waals surface area contributed by atoms with Gasteiger partial charge < -0.3 is 24.9 Å². The minimum Gasteiger partial charge on any atom is -0.394 e. The molecule has 42 heavy (non-hydrogen) atoms. The number of amides is 2. The Morgan fingerprint density at radius 2 is 1.50 bits per heavy atom. The summed E-state index contributed by atoms with van der Waals surface area (Å²) >= 11 is 6.54. The number of benzene rings is 2. The van der Waals surface area contributed by atoms with Gasteiger partial charge in [0.15, 0.2) is 0 Å². The number of likely N-dealkylation sites (tertiary alicyclic amines) is 2. The summed E-state index contributed by atoms with van der Waals surface area (Å²) in [5.74, 6) is -0.805. The molecule has 0 aliphatic carbocycles. The SMILES string of the molecule is O=C(c1ccc(N2CCC(C3CCN(C(=O)[C@](O)(c4ccccc4)C(F)(F)F)CC3)CC2)cc1Cl)N1CCCC1CO. The number of aliphatic hydroxyl groups is 2. The van der Waals surface area contributed by atoms with Crippen molar-refractivity contribution in [3.63, 3.8) is 0 Å². The van der Waals surface area contributed by atoms with E-state index in [4.69, 9.17) is 11.6 Å². The molecule has 2 aromatic carbocycles. The first-order valence-corrected chi connectivity index (χ1v) is 15.0. The smallest absolute Gasteiger partial charge is 0.394 e. The number of halogens is 4. The second-order valence-electron chi connectivity index (χ2n) is 11.7. The summed E-state index contributed by atoms with van der Waals surface area (Å²) in [6.45, 7) is 2.47. The highest BCUT2D eigenvalue weighted by atomic mass is 35.5. The highest BCUT2D eigenvalue weighted by molar-refractivity contribution is 6.34. The Kier molecular flexibility index (Phi) is 9.06. The molecule has 2 amide bonds. The molecule has 5 rings (SSSR count). The Morgan fingerprint density at radius 3 is 2.07 bits per heavy atom. The molecule has 0 saturated carbocycles. The largest absolute Gasteiger partial charge is 0.430 e. The first-order valence-electron chi connectivity index (χ1n) is 14.6. The van der Waals surface area contributed by atoms with Gasteiger partial charge in [-0.1, -0.05) is 41.9 Å². The monoisotopic (exact) mass is 607 g/mol. The first-order chi connectivity index (χ1) is 20.0. The number of alkyl halides is 3. The average molecular weight is 608 g/mol. The predicted octanol–water partition coefficient (Wildman–Crippen LogP) is 4.84. The van der Waals surface area contributed by atoms with Gasteiger partial charge in [-0.3, -0.25) is 9.59 Å². The molecule has 2 N–H and O–H groups in total. The molecule has 3 fully saturated rings. The van der Waals surface area contributed by atoms with E-state index < -0.39 is 23.2 Å². The van der Waals surface area contributed by atoms with E-state index >= 15 is 0 Å². The van der Waals surface area contributed by atoms with E-state index in [1.165, 1.54) is 18.2 Å². The van der Waals surface area contributed by atoms with Gasteiger partial charge in [-0.05, 0) is 68.6 Å². The number of carbonyl (C=O) groups is 2. The van der Waals surface area contributed by atoms with Gasteiger partial charge in [-0.15, -0.1) is 0 Å². The van der Waals surface area contributed by atoms with Crippen LogP contribution < -0.4 is 4.90 Å². The van der Waals surface area contributed by atoms with Gasteiger partial charge in [-0.2, -0.15) is 13.2 Å². The summed E-state index contributed by atoms with van der Waals surface area (Å²) in [6, 6.07) is 11.9. The van der Waals surface area contributed by atoms with Crippen LogP contribution in [0.25, 0.3) is 0 Å². The fourth-order valence-corrected chi connectivity index (χ4v) is 7.10. The van der Waals surface area contributed by atoms with E-state index in [2.05, 4.69) is 4.90 Å². The lowest BCUT2D eigenvalue weighted by Crippen LogP contribution is -2.57. The van der Waals surface area contributed by atoms with Crippen LogP contribution in [0.15, 0.2) is 48.5 Å². The van der Waals surface area contributed by atoms with Crippen LogP contribution in [0.5, 0.6) is 0 Å². The number of carbonyl (C=O) groups excluding carboxylic acids is 2. The van der Waals surface area contributed by atoms with Gasteiger partial charge in [0, 0.05) is 44.0 Å². The molecule has 3 heterocycles. The maximum Gasteiger partial charge on any atom is 0.430 e. The number of rotatable bonds is 6. The highest BCUT2D eigenvalue weighted by Gasteiger charge is 2.62. The molecule has 3 aliphatic rings. The van der Waals surface area contributed by atoms with Crippen LogP contribution in [0.2, 0.25) is 5.02 Å². The lowest BCUT2D eigenvalue weighted by molar-refractivity contribution is -0.262. The van der Waals surface area contributed by atoms with Crippen molar-refractivity contribution in [3.8, 4) is 0 Å². The van der Waals surface area contributed by atoms with Crippen molar-refractivity contribution < 1.29 is 33.0 Å². The second kappa shape index (κ2) is 12.4. The van der Waals surface area contributed by atoms with Crippen LogP contribution >= 0.6 is 11.6 Å². The summed E-state index contributed by atoms with van der Waals surface area (Å²) in [6.07, 6.45) is -0.509. The Labute approximate surface area is 248 Å². The molecule has 2 atom stereocenters. The molecule has 0 aromatic heterocycles. The number of hydrogen-bond donors (Lipinski definition) is 2. The molecule has 228 valence electrons. The van der Waals surface area contributed by atoms with E-state index in [-0.39, 0.29) is 37.6 Å². The normalized spacial score (nSPS) is 22.3. The van der Waals surface area contributed by atoms with Gasteiger partial charge in [-0.25, -0.2) is 0 Å². The van der Waals surface area contributed by atoms with Crippen molar-refractivity contribution in [2.75, 3.05) is 44.2 Å². The summed E-state index contributed by atoms with van der Waals surface area (Å²) in [4.78, 5) is 31.1. The second-order valence-corrected chi connectivity index (χ2v) is 12.1. The van der Waals surface area contributed by atoms with Crippen LogP contribution in [-0.4, -0.2) is 83.4 Å². The lowest BCUT2D eigenvalue weighted by atomic mass is 9.78. The fourth-order valence-electron chi connectivity index (χ4n) is 6.84. The maximum atomic E-state index is 14.0. The van der Waals surface area contributed by atoms with E-state index in [1.807, 2.05) is 12.1 Å². The summed E-state index contributed by atoms with van der Waals surface area (Å²) in [7, 11) is 0. The third kappa shape index (κ3) is 5.85. The van der Waals surface area contributed by atoms with E-state index in [1.54, 1.807) is 11.0 Å². The molecular weight excluding hydrogens is 571 g/mol. The van der Waals surface area contributed by atoms with Gasteiger partial charge in [0.05, 0.1) is 23.2 Å². The van der Waals surface area contributed by atoms with E-state index in [9.17, 15) is 33.0 Å². The van der Waals surface area contributed by atoms with E-state index in [0.717, 1.165) is 61.5 Å². The molecule has 11 heteroatoms. The predicted molar refractivity (Wildman–Crippen MR) is 153 cm³/mol. The van der Waals surface area contributed by atoms with Crippen LogP contribution in [0, 0.1) is 11.8 Å². The zero-order valence-corrected chi connectivity index (χ0v) is 24.2. The molecule has 0 bridgehead atoms. The minimum absolute atomic E-state index is 0.0603. The standard InChI is InChI=1S/C31H37ClF3N3O4/c32-27-19-24(8-9-26(27)28(40)38-14-4-7-25(38)20-39)36-15-10-21(11-16-36)22-12-17-37(18-13-22)29(41)30(42,31(33,34)35)23-5-2-1-3-6-23/h1-3,5-6,8-9,19,21-22,25,39,42H,4,7,10-18,20H2/t25?,30-/m1/s1. The zero-order valence-electron chi connectivity index (χ0n) is 23.4. The van der Waals surface area contributed by atoms with Crippen LogP contribution in [0.3, 0.4) is 0 Å². The summed E-state index contributed by atoms with van der Waals surface area (Å²) in [5.41, 5.74) is -2.67. The first kappa shape index (κ1) is 30.6. The van der Waals surface area contributed by atoms with Crippen LogP contribution in [-0.2, 0) is 10.4 Å². The van der Waals surface area contributed by atoms with Crippen molar-refractivity contribution in [2.45, 2.75) is 56.3 Å². The number of aliphatic hydroxyl groups excluding tert-OH is 1.